The maximum Gasteiger partial charge on any atom is 0.310 e. The summed E-state index contributed by atoms with van der Waals surface area (Å²) in [6.07, 6.45) is 5.67. The number of hydrogen-bond donors (Lipinski definition) is 1. The lowest BCUT2D eigenvalue weighted by Crippen LogP contribution is -2.41. The largest absolute Gasteiger partial charge is 0.495 e. The second kappa shape index (κ2) is 10.3. The van der Waals surface area contributed by atoms with Crippen LogP contribution in [0.4, 0.5) is 0 Å². The number of aromatic nitrogens is 1. The number of piperidine rings is 1. The molecule has 0 unspecified atom stereocenters. The number of nitrogens with one attached hydrogen (secondary N) is 1. The van der Waals surface area contributed by atoms with E-state index in [1.54, 1.807) is 13.3 Å². The Morgan fingerprint density at radius 1 is 1.18 bits per heavy atom. The fourth-order valence-corrected chi connectivity index (χ4v) is 4.97. The lowest BCUT2D eigenvalue weighted by molar-refractivity contribution is -0.153. The number of fused-ring (bicyclic) bond motifs is 2. The second-order valence-electron chi connectivity index (χ2n) is 8.97. The zero-order chi connectivity index (χ0) is 23.3. The molecule has 0 amide bonds. The quantitative estimate of drug-likeness (QED) is 0.362. The Balaban J connectivity index is 1.19. The van der Waals surface area contributed by atoms with Gasteiger partial charge in [0.25, 0.3) is 0 Å². The molecular formula is C28H30N2O4. The van der Waals surface area contributed by atoms with Gasteiger partial charge < -0.3 is 19.2 Å². The van der Waals surface area contributed by atoms with Gasteiger partial charge in [0.1, 0.15) is 23.7 Å². The van der Waals surface area contributed by atoms with Crippen LogP contribution in [0.3, 0.4) is 0 Å². The van der Waals surface area contributed by atoms with Crippen LogP contribution >= 0.6 is 0 Å². The molecule has 2 aromatic heterocycles. The van der Waals surface area contributed by atoms with E-state index in [1.165, 1.54) is 5.56 Å². The van der Waals surface area contributed by atoms with Gasteiger partial charge in [-0.1, -0.05) is 30.3 Å². The van der Waals surface area contributed by atoms with E-state index in [2.05, 4.69) is 28.5 Å². The van der Waals surface area contributed by atoms with E-state index in [0.717, 1.165) is 59.8 Å². The molecule has 0 spiro atoms. The van der Waals surface area contributed by atoms with E-state index < -0.39 is 0 Å². The minimum atomic E-state index is -0.142. The molecule has 0 saturated carbocycles. The third-order valence-corrected chi connectivity index (χ3v) is 6.81. The lowest BCUT2D eigenvalue weighted by Gasteiger charge is -2.30. The number of carbonyl (C=O) groups excluding carboxylic acids is 1. The molecule has 0 aliphatic carbocycles. The predicted octanol–water partition coefficient (Wildman–Crippen LogP) is 5.28. The van der Waals surface area contributed by atoms with Crippen LogP contribution in [0.5, 0.6) is 5.75 Å². The van der Waals surface area contributed by atoms with Gasteiger partial charge in [-0.2, -0.15) is 0 Å². The first kappa shape index (κ1) is 22.4. The Bertz CT molecular complexity index is 1250. The number of aryl methyl sites for hydroxylation is 1. The number of benzene rings is 2. The van der Waals surface area contributed by atoms with Crippen molar-refractivity contribution in [3.63, 3.8) is 0 Å². The molecule has 0 bridgehead atoms. The Morgan fingerprint density at radius 2 is 2.09 bits per heavy atom. The van der Waals surface area contributed by atoms with Gasteiger partial charge in [0.05, 0.1) is 24.7 Å². The van der Waals surface area contributed by atoms with Crippen molar-refractivity contribution in [3.05, 3.63) is 72.1 Å². The third-order valence-electron chi connectivity index (χ3n) is 6.81. The molecule has 4 aromatic rings. The number of rotatable bonds is 8. The summed E-state index contributed by atoms with van der Waals surface area (Å²) in [5.74, 6) is 1.48. The minimum Gasteiger partial charge on any atom is -0.495 e. The van der Waals surface area contributed by atoms with Crippen molar-refractivity contribution in [3.8, 4) is 5.75 Å². The summed E-state index contributed by atoms with van der Waals surface area (Å²) in [7, 11) is 1.66. The van der Waals surface area contributed by atoms with Crippen molar-refractivity contribution >= 4 is 27.8 Å². The summed E-state index contributed by atoms with van der Waals surface area (Å²) in [5, 5.41) is 5.52. The zero-order valence-electron chi connectivity index (χ0n) is 19.5. The third kappa shape index (κ3) is 4.92. The van der Waals surface area contributed by atoms with Crippen molar-refractivity contribution in [2.24, 2.45) is 11.8 Å². The molecule has 34 heavy (non-hydrogen) atoms. The Labute approximate surface area is 199 Å². The van der Waals surface area contributed by atoms with Gasteiger partial charge in [0.15, 0.2) is 0 Å². The molecule has 1 N–H and O–H groups in total. The van der Waals surface area contributed by atoms with Crippen molar-refractivity contribution < 1.29 is 18.7 Å². The van der Waals surface area contributed by atoms with Crippen molar-refractivity contribution in [1.82, 2.24) is 10.3 Å². The summed E-state index contributed by atoms with van der Waals surface area (Å²) in [4.78, 5) is 17.5. The molecule has 6 nitrogen and oxygen atoms in total. The highest BCUT2D eigenvalue weighted by atomic mass is 16.5. The van der Waals surface area contributed by atoms with Gasteiger partial charge in [0.2, 0.25) is 0 Å². The first-order chi connectivity index (χ1) is 16.7. The molecule has 6 heteroatoms. The van der Waals surface area contributed by atoms with Crippen LogP contribution in [0.15, 0.2) is 65.2 Å². The second-order valence-corrected chi connectivity index (χ2v) is 8.97. The Morgan fingerprint density at radius 3 is 2.97 bits per heavy atom. The highest BCUT2D eigenvalue weighted by molar-refractivity contribution is 5.83. The maximum absolute atomic E-state index is 12.9. The van der Waals surface area contributed by atoms with E-state index >= 15 is 0 Å². The average Bonchev–Trinajstić information content (AvgIpc) is 3.30. The van der Waals surface area contributed by atoms with E-state index in [-0.39, 0.29) is 18.5 Å². The van der Waals surface area contributed by atoms with E-state index in [0.29, 0.717) is 18.2 Å². The van der Waals surface area contributed by atoms with E-state index in [1.807, 2.05) is 36.4 Å². The first-order valence-electron chi connectivity index (χ1n) is 12.0. The van der Waals surface area contributed by atoms with Crippen LogP contribution in [-0.2, 0) is 22.6 Å². The van der Waals surface area contributed by atoms with Gasteiger partial charge in [0, 0.05) is 17.3 Å². The summed E-state index contributed by atoms with van der Waals surface area (Å²) < 4.78 is 16.8. The van der Waals surface area contributed by atoms with Gasteiger partial charge in [-0.3, -0.25) is 9.78 Å². The van der Waals surface area contributed by atoms with Gasteiger partial charge in [-0.05, 0) is 68.0 Å². The first-order valence-corrected chi connectivity index (χ1v) is 12.0. The molecule has 1 saturated heterocycles. The normalized spacial score (nSPS) is 18.3. The van der Waals surface area contributed by atoms with Crippen molar-refractivity contribution in [2.75, 3.05) is 20.2 Å². The lowest BCUT2D eigenvalue weighted by atomic mass is 9.82. The number of ether oxygens (including phenoxy) is 2. The maximum atomic E-state index is 12.9. The van der Waals surface area contributed by atoms with Crippen LogP contribution in [0.25, 0.3) is 21.9 Å². The number of furan rings is 1. The Hall–Kier alpha value is -3.38. The molecule has 1 aliphatic rings. The van der Waals surface area contributed by atoms with Crippen molar-refractivity contribution in [1.29, 1.82) is 0 Å². The minimum absolute atomic E-state index is 0.132. The highest BCUT2D eigenvalue weighted by Gasteiger charge is 2.32. The van der Waals surface area contributed by atoms with E-state index in [9.17, 15) is 4.79 Å². The molecular weight excluding hydrogens is 428 g/mol. The van der Waals surface area contributed by atoms with E-state index in [4.69, 9.17) is 13.9 Å². The number of pyridine rings is 1. The summed E-state index contributed by atoms with van der Waals surface area (Å²) in [5.41, 5.74) is 3.06. The molecule has 3 heterocycles. The smallest absolute Gasteiger partial charge is 0.310 e. The summed E-state index contributed by atoms with van der Waals surface area (Å²) in [6.45, 7) is 1.77. The predicted molar refractivity (Wildman–Crippen MR) is 132 cm³/mol. The van der Waals surface area contributed by atoms with Gasteiger partial charge in [-0.15, -0.1) is 0 Å². The highest BCUT2D eigenvalue weighted by Crippen LogP contribution is 2.29. The monoisotopic (exact) mass is 458 g/mol. The molecule has 1 fully saturated rings. The van der Waals surface area contributed by atoms with Crippen LogP contribution in [0.2, 0.25) is 0 Å². The van der Waals surface area contributed by atoms with Crippen molar-refractivity contribution in [2.45, 2.75) is 32.3 Å². The summed E-state index contributed by atoms with van der Waals surface area (Å²) in [6, 6.07) is 18.1. The summed E-state index contributed by atoms with van der Waals surface area (Å²) >= 11 is 0. The molecule has 2 atom stereocenters. The molecule has 5 rings (SSSR count). The van der Waals surface area contributed by atoms with Crippen LogP contribution in [0, 0.1) is 11.8 Å². The fraction of sp³-hybridized carbons (Fsp3) is 0.357. The topological polar surface area (TPSA) is 73.6 Å². The van der Waals surface area contributed by atoms with Crippen LogP contribution in [0.1, 0.15) is 30.6 Å². The zero-order valence-corrected chi connectivity index (χ0v) is 19.5. The number of esters is 1. The average molecular weight is 459 g/mol. The standard InChI is InChI=1S/C28H30N2O4/c1-32-22-15-24-19(9-5-10-26(24)30-16-22)7-4-8-20-12-13-29-17-25(20)28(31)33-18-23-14-21-6-2-3-11-27(21)34-23/h2-3,5-6,9-11,14-16,20,25,29H,4,7-8,12-13,17-18H2,1H3/t20-,25-/m0/s1. The van der Waals surface area contributed by atoms with Gasteiger partial charge >= 0.3 is 5.97 Å². The van der Waals surface area contributed by atoms with Gasteiger partial charge in [-0.25, -0.2) is 0 Å². The fourth-order valence-electron chi connectivity index (χ4n) is 4.97. The SMILES string of the molecule is COc1cnc2cccc(CCC[C@H]3CCNC[C@@H]3C(=O)OCc3cc4ccccc4o3)c2c1. The molecule has 1 aliphatic heterocycles. The van der Waals surface area contributed by atoms with Crippen LogP contribution in [-0.4, -0.2) is 31.2 Å². The Kier molecular flexibility index (Phi) is 6.77. The number of carbonyl (C=O) groups is 1. The number of nitrogens with zero attached hydrogens (tertiary/aromatic N) is 1. The number of methoxy groups -OCH3 is 1. The number of para-hydroxylation sites is 1. The molecule has 176 valence electrons. The number of hydrogen-bond acceptors (Lipinski definition) is 6. The molecule has 2 aromatic carbocycles. The molecule has 0 radical (unpaired) electrons. The van der Waals surface area contributed by atoms with Crippen LogP contribution < -0.4 is 10.1 Å².